The summed E-state index contributed by atoms with van der Waals surface area (Å²) in [7, 11) is 1.61. The van der Waals surface area contributed by atoms with Crippen molar-refractivity contribution >= 4 is 5.82 Å². The molecule has 6 nitrogen and oxygen atoms in total. The summed E-state index contributed by atoms with van der Waals surface area (Å²) in [5.74, 6) is 1.02. The Morgan fingerprint density at radius 1 is 0.828 bits per heavy atom. The highest BCUT2D eigenvalue weighted by Crippen LogP contribution is 2.41. The highest BCUT2D eigenvalue weighted by atomic mass is 16.5. The number of nitrogens with two attached hydrogens (primary N) is 1. The number of nitrogens with zero attached hydrogens (tertiary/aromatic N) is 4. The molecule has 6 heteroatoms. The van der Waals surface area contributed by atoms with Crippen LogP contribution in [0.5, 0.6) is 5.88 Å². The number of anilines is 1. The van der Waals surface area contributed by atoms with Gasteiger partial charge in [-0.3, -0.25) is 9.97 Å². The van der Waals surface area contributed by atoms with Gasteiger partial charge in [0, 0.05) is 43.0 Å². The smallest absolute Gasteiger partial charge is 0.213 e. The Hall–Kier alpha value is -3.80. The number of hydrogen-bond donors (Lipinski definition) is 1. The van der Waals surface area contributed by atoms with E-state index in [9.17, 15) is 0 Å². The first-order chi connectivity index (χ1) is 14.2. The van der Waals surface area contributed by atoms with Crippen molar-refractivity contribution < 1.29 is 4.74 Å². The number of methoxy groups -OCH3 is 1. The molecule has 0 aliphatic rings. The second-order valence-electron chi connectivity index (χ2n) is 6.68. The summed E-state index contributed by atoms with van der Waals surface area (Å²) in [6, 6.07) is 19.4. The molecule has 0 fully saturated rings. The molecule has 4 aromatic rings. The first-order valence-corrected chi connectivity index (χ1v) is 9.26. The number of rotatable bonds is 6. The second-order valence-corrected chi connectivity index (χ2v) is 6.68. The van der Waals surface area contributed by atoms with Gasteiger partial charge in [-0.05, 0) is 41.5 Å². The summed E-state index contributed by atoms with van der Waals surface area (Å²) in [6.45, 7) is 0. The van der Waals surface area contributed by atoms with Crippen molar-refractivity contribution in [3.05, 3.63) is 108 Å². The van der Waals surface area contributed by atoms with Crippen LogP contribution in [0.15, 0.2) is 85.5 Å². The number of aromatic nitrogens is 4. The number of pyridine rings is 4. The summed E-state index contributed by atoms with van der Waals surface area (Å²) in [5.41, 5.74) is 8.94. The third kappa shape index (κ3) is 3.65. The van der Waals surface area contributed by atoms with Crippen LogP contribution in [0.1, 0.15) is 22.5 Å². The lowest BCUT2D eigenvalue weighted by molar-refractivity contribution is 0.393. The minimum Gasteiger partial charge on any atom is -0.481 e. The van der Waals surface area contributed by atoms with E-state index >= 15 is 0 Å². The van der Waals surface area contributed by atoms with E-state index in [2.05, 4.69) is 15.0 Å². The van der Waals surface area contributed by atoms with Crippen molar-refractivity contribution in [3.63, 3.8) is 0 Å². The Kier molecular flexibility index (Phi) is 5.16. The van der Waals surface area contributed by atoms with Gasteiger partial charge in [0.05, 0.1) is 18.2 Å². The van der Waals surface area contributed by atoms with Crippen molar-refractivity contribution in [1.82, 2.24) is 19.9 Å². The van der Waals surface area contributed by atoms with E-state index in [-0.39, 0.29) is 0 Å². The van der Waals surface area contributed by atoms with Crippen LogP contribution in [0, 0.1) is 0 Å². The molecule has 0 unspecified atom stereocenters. The molecule has 0 aliphatic carbocycles. The highest BCUT2D eigenvalue weighted by Gasteiger charge is 2.39. The topological polar surface area (TPSA) is 86.8 Å². The molecular weight excluding hydrogens is 362 g/mol. The fraction of sp³-hybridized carbons (Fsp3) is 0.130. The average molecular weight is 383 g/mol. The molecule has 0 bridgehead atoms. The van der Waals surface area contributed by atoms with Crippen LogP contribution in [0.4, 0.5) is 5.82 Å². The van der Waals surface area contributed by atoms with Crippen LogP contribution < -0.4 is 10.5 Å². The zero-order valence-electron chi connectivity index (χ0n) is 16.1. The predicted octanol–water partition coefficient (Wildman–Crippen LogP) is 3.43. The molecular formula is C23H21N5O. The number of nitrogen functional groups attached to an aromatic ring is 1. The molecule has 0 atom stereocenters. The normalized spacial score (nSPS) is 11.2. The van der Waals surface area contributed by atoms with Gasteiger partial charge in [-0.25, -0.2) is 9.97 Å². The molecule has 29 heavy (non-hydrogen) atoms. The molecule has 0 aromatic carbocycles. The molecule has 144 valence electrons. The van der Waals surface area contributed by atoms with E-state index < -0.39 is 5.41 Å². The number of ether oxygens (including phenoxy) is 1. The number of hydrogen-bond acceptors (Lipinski definition) is 6. The third-order valence-electron chi connectivity index (χ3n) is 4.95. The van der Waals surface area contributed by atoms with Crippen molar-refractivity contribution in [2.75, 3.05) is 12.8 Å². The van der Waals surface area contributed by atoms with Gasteiger partial charge in [-0.1, -0.05) is 24.3 Å². The Morgan fingerprint density at radius 3 is 2.10 bits per heavy atom. The zero-order chi connectivity index (χ0) is 20.1. The van der Waals surface area contributed by atoms with Gasteiger partial charge in [0.1, 0.15) is 5.82 Å². The molecule has 2 N–H and O–H groups in total. The Balaban J connectivity index is 2.02. The maximum Gasteiger partial charge on any atom is 0.213 e. The maximum absolute atomic E-state index is 5.97. The van der Waals surface area contributed by atoms with Gasteiger partial charge in [0.25, 0.3) is 0 Å². The summed E-state index contributed by atoms with van der Waals surface area (Å²) in [5, 5.41) is 0. The SMILES string of the molecule is COc1cccc(C(Cc2cccc(N)n2)(c2cccnc2)c2cccnc2)n1. The molecule has 4 heterocycles. The first-order valence-electron chi connectivity index (χ1n) is 9.26. The van der Waals surface area contributed by atoms with E-state index in [1.165, 1.54) is 0 Å². The lowest BCUT2D eigenvalue weighted by Gasteiger charge is -2.34. The molecule has 4 rings (SSSR count). The van der Waals surface area contributed by atoms with Crippen molar-refractivity contribution in [2.24, 2.45) is 0 Å². The van der Waals surface area contributed by atoms with Gasteiger partial charge < -0.3 is 10.5 Å². The average Bonchev–Trinajstić information content (AvgIpc) is 2.79. The summed E-state index contributed by atoms with van der Waals surface area (Å²) < 4.78 is 5.41. The van der Waals surface area contributed by atoms with Crippen molar-refractivity contribution in [2.45, 2.75) is 11.8 Å². The van der Waals surface area contributed by atoms with Gasteiger partial charge in [0.15, 0.2) is 0 Å². The predicted molar refractivity (Wildman–Crippen MR) is 111 cm³/mol. The highest BCUT2D eigenvalue weighted by molar-refractivity contribution is 5.49. The van der Waals surface area contributed by atoms with Crippen LogP contribution in [0.2, 0.25) is 0 Å². The van der Waals surface area contributed by atoms with Crippen molar-refractivity contribution in [3.8, 4) is 5.88 Å². The first kappa shape index (κ1) is 18.6. The fourth-order valence-electron chi connectivity index (χ4n) is 3.62. The maximum atomic E-state index is 5.97. The van der Waals surface area contributed by atoms with E-state index in [0.29, 0.717) is 18.1 Å². The monoisotopic (exact) mass is 383 g/mol. The molecule has 0 aliphatic heterocycles. The van der Waals surface area contributed by atoms with Gasteiger partial charge >= 0.3 is 0 Å². The van der Waals surface area contributed by atoms with Crippen LogP contribution >= 0.6 is 0 Å². The molecule has 0 amide bonds. The van der Waals surface area contributed by atoms with Crippen LogP contribution in [-0.4, -0.2) is 27.0 Å². The van der Waals surface area contributed by atoms with Gasteiger partial charge in [-0.15, -0.1) is 0 Å². The summed E-state index contributed by atoms with van der Waals surface area (Å²) in [4.78, 5) is 18.1. The van der Waals surface area contributed by atoms with Gasteiger partial charge in [-0.2, -0.15) is 0 Å². The summed E-state index contributed by atoms with van der Waals surface area (Å²) in [6.07, 6.45) is 7.78. The molecule has 0 radical (unpaired) electrons. The minimum atomic E-state index is -0.669. The van der Waals surface area contributed by atoms with E-state index in [1.807, 2.05) is 67.0 Å². The fourth-order valence-corrected chi connectivity index (χ4v) is 3.62. The lowest BCUT2D eigenvalue weighted by atomic mass is 9.69. The molecule has 0 saturated carbocycles. The van der Waals surface area contributed by atoms with E-state index in [4.69, 9.17) is 15.5 Å². The standard InChI is InChI=1S/C23H21N5O/c1-29-22-11-3-9-20(28-22)23(17-6-4-12-25-15-17,18-7-5-13-26-16-18)14-19-8-2-10-21(24)27-19/h2-13,15-16H,14H2,1H3,(H2,24,27). The quantitative estimate of drug-likeness (QED) is 0.549. The largest absolute Gasteiger partial charge is 0.481 e. The van der Waals surface area contributed by atoms with Crippen molar-refractivity contribution in [1.29, 1.82) is 0 Å². The van der Waals surface area contributed by atoms with Crippen LogP contribution in [-0.2, 0) is 11.8 Å². The minimum absolute atomic E-state index is 0.479. The third-order valence-corrected chi connectivity index (χ3v) is 4.95. The van der Waals surface area contributed by atoms with Crippen LogP contribution in [0.3, 0.4) is 0 Å². The van der Waals surface area contributed by atoms with Gasteiger partial charge in [0.2, 0.25) is 5.88 Å². The Morgan fingerprint density at radius 2 is 1.52 bits per heavy atom. The van der Waals surface area contributed by atoms with E-state index in [0.717, 1.165) is 22.5 Å². The van der Waals surface area contributed by atoms with E-state index in [1.54, 1.807) is 25.6 Å². The Bertz CT molecular complexity index is 1050. The summed E-state index contributed by atoms with van der Waals surface area (Å²) >= 11 is 0. The zero-order valence-corrected chi connectivity index (χ0v) is 16.1. The molecule has 0 spiro atoms. The van der Waals surface area contributed by atoms with Crippen LogP contribution in [0.25, 0.3) is 0 Å². The molecule has 4 aromatic heterocycles. The Labute approximate surface area is 169 Å². The lowest BCUT2D eigenvalue weighted by Crippen LogP contribution is -2.34. The second kappa shape index (κ2) is 8.06. The molecule has 0 saturated heterocycles.